The van der Waals surface area contributed by atoms with Gasteiger partial charge in [0.25, 0.3) is 0 Å². The molecule has 2 aromatic rings. The van der Waals surface area contributed by atoms with Gasteiger partial charge in [-0.1, -0.05) is 53.5 Å². The van der Waals surface area contributed by atoms with Crippen LogP contribution in [0, 0.1) is 0 Å². The summed E-state index contributed by atoms with van der Waals surface area (Å²) in [6.45, 7) is 0.462. The highest BCUT2D eigenvalue weighted by Crippen LogP contribution is 2.34. The molecule has 0 aromatic heterocycles. The molecule has 0 aliphatic heterocycles. The average Bonchev–Trinajstić information content (AvgIpc) is 2.40. The summed E-state index contributed by atoms with van der Waals surface area (Å²) in [6.07, 6.45) is 0. The van der Waals surface area contributed by atoms with Crippen molar-refractivity contribution >= 4 is 34.8 Å². The number of hydrogen-bond donors (Lipinski definition) is 0. The lowest BCUT2D eigenvalue weighted by molar-refractivity contribution is 0.306. The molecule has 0 bridgehead atoms. The lowest BCUT2D eigenvalue weighted by Gasteiger charge is -2.11. The molecule has 2 aromatic carbocycles. The minimum atomic E-state index is 0.264. The zero-order chi connectivity index (χ0) is 13.0. The first kappa shape index (κ1) is 13.5. The second kappa shape index (κ2) is 6.33. The quantitative estimate of drug-likeness (QED) is 0.695. The molecule has 0 atom stereocenters. The molecule has 2 rings (SSSR count). The Kier molecular flexibility index (Phi) is 4.76. The number of alkyl halides is 1. The predicted molar refractivity (Wildman–Crippen MR) is 76.8 cm³/mol. The first-order valence-electron chi connectivity index (χ1n) is 5.42. The normalized spacial score (nSPS) is 10.4. The van der Waals surface area contributed by atoms with Crippen molar-refractivity contribution in [2.45, 2.75) is 12.5 Å². The summed E-state index contributed by atoms with van der Waals surface area (Å²) in [5.74, 6) is 0.862. The summed E-state index contributed by atoms with van der Waals surface area (Å²) >= 11 is 18.0. The van der Waals surface area contributed by atoms with Gasteiger partial charge in [0.2, 0.25) is 0 Å². The van der Waals surface area contributed by atoms with Crippen LogP contribution in [0.3, 0.4) is 0 Å². The largest absolute Gasteiger partial charge is 0.487 e. The number of ether oxygens (including phenoxy) is 1. The first-order valence-corrected chi connectivity index (χ1v) is 6.71. The molecule has 0 N–H and O–H groups in total. The maximum atomic E-state index is 6.19. The Morgan fingerprint density at radius 2 is 1.67 bits per heavy atom. The fourth-order valence-electron chi connectivity index (χ4n) is 1.55. The molecule has 0 heterocycles. The van der Waals surface area contributed by atoms with Crippen molar-refractivity contribution in [3.05, 3.63) is 63.6 Å². The van der Waals surface area contributed by atoms with E-state index in [1.54, 1.807) is 12.1 Å². The molecule has 18 heavy (non-hydrogen) atoms. The lowest BCUT2D eigenvalue weighted by atomic mass is 10.2. The minimum Gasteiger partial charge on any atom is -0.487 e. The van der Waals surface area contributed by atoms with Crippen molar-refractivity contribution in [1.29, 1.82) is 0 Å². The van der Waals surface area contributed by atoms with Crippen LogP contribution < -0.4 is 4.74 Å². The van der Waals surface area contributed by atoms with Crippen LogP contribution in [-0.2, 0) is 12.5 Å². The molecule has 94 valence electrons. The average molecular weight is 302 g/mol. The Morgan fingerprint density at radius 3 is 2.33 bits per heavy atom. The molecule has 1 nitrogen and oxygen atoms in total. The number of rotatable bonds is 4. The molecule has 4 heteroatoms. The smallest absolute Gasteiger partial charge is 0.138 e. The molecule has 0 saturated heterocycles. The van der Waals surface area contributed by atoms with Crippen molar-refractivity contribution in [1.82, 2.24) is 0 Å². The van der Waals surface area contributed by atoms with Crippen molar-refractivity contribution in [2.24, 2.45) is 0 Å². The molecule has 0 spiro atoms. The molecule has 0 saturated carbocycles. The number of halogens is 3. The summed E-state index contributed by atoms with van der Waals surface area (Å²) in [5.41, 5.74) is 1.78. The predicted octanol–water partition coefficient (Wildman–Crippen LogP) is 5.31. The first-order chi connectivity index (χ1) is 8.72. The van der Waals surface area contributed by atoms with Gasteiger partial charge in [0, 0.05) is 10.6 Å². The molecular weight excluding hydrogens is 291 g/mol. The van der Waals surface area contributed by atoms with Gasteiger partial charge in [0.05, 0.1) is 10.9 Å². The van der Waals surface area contributed by atoms with Crippen molar-refractivity contribution < 1.29 is 4.74 Å². The van der Waals surface area contributed by atoms with Crippen LogP contribution in [0.5, 0.6) is 5.75 Å². The summed E-state index contributed by atoms with van der Waals surface area (Å²) in [7, 11) is 0. The highest BCUT2D eigenvalue weighted by Gasteiger charge is 2.10. The van der Waals surface area contributed by atoms with Gasteiger partial charge in [0.1, 0.15) is 12.4 Å². The van der Waals surface area contributed by atoms with Crippen molar-refractivity contribution in [2.75, 3.05) is 0 Å². The van der Waals surface area contributed by atoms with Gasteiger partial charge in [-0.25, -0.2) is 0 Å². The molecule has 0 amide bonds. The molecule has 0 aliphatic carbocycles. The fourth-order valence-corrected chi connectivity index (χ4v) is 2.52. The van der Waals surface area contributed by atoms with E-state index in [0.717, 1.165) is 5.56 Å². The maximum absolute atomic E-state index is 6.19. The van der Waals surface area contributed by atoms with E-state index in [0.29, 0.717) is 28.0 Å². The Morgan fingerprint density at radius 1 is 0.944 bits per heavy atom. The van der Waals surface area contributed by atoms with Gasteiger partial charge >= 0.3 is 0 Å². The van der Waals surface area contributed by atoms with E-state index in [2.05, 4.69) is 0 Å². The summed E-state index contributed by atoms with van der Waals surface area (Å²) in [6, 6.07) is 13.4. The summed E-state index contributed by atoms with van der Waals surface area (Å²) in [5, 5.41) is 1.04. The third-order valence-electron chi connectivity index (χ3n) is 2.52. The van der Waals surface area contributed by atoms with Gasteiger partial charge in [-0.15, -0.1) is 11.6 Å². The van der Waals surface area contributed by atoms with Gasteiger partial charge < -0.3 is 4.74 Å². The van der Waals surface area contributed by atoms with Crippen LogP contribution in [-0.4, -0.2) is 0 Å². The maximum Gasteiger partial charge on any atom is 0.138 e. The molecule has 0 fully saturated rings. The third kappa shape index (κ3) is 3.11. The Balaban J connectivity index is 2.15. The van der Waals surface area contributed by atoms with Crippen LogP contribution in [0.1, 0.15) is 11.1 Å². The second-order valence-corrected chi connectivity index (χ2v) is 4.80. The van der Waals surface area contributed by atoms with Gasteiger partial charge in [-0.3, -0.25) is 0 Å². The van der Waals surface area contributed by atoms with Crippen LogP contribution in [0.2, 0.25) is 10.0 Å². The molecule has 0 aliphatic rings. The van der Waals surface area contributed by atoms with E-state index in [4.69, 9.17) is 39.5 Å². The van der Waals surface area contributed by atoms with E-state index in [9.17, 15) is 0 Å². The topological polar surface area (TPSA) is 9.23 Å². The Bertz CT molecular complexity index is 526. The standard InChI is InChI=1S/C14H11Cl3O/c15-8-11-12(16)6-7-13(14(11)17)18-9-10-4-2-1-3-5-10/h1-7H,8-9H2. The van der Waals surface area contributed by atoms with Crippen LogP contribution in [0.25, 0.3) is 0 Å². The van der Waals surface area contributed by atoms with E-state index in [1.807, 2.05) is 30.3 Å². The Labute approximate surface area is 121 Å². The zero-order valence-corrected chi connectivity index (χ0v) is 11.8. The van der Waals surface area contributed by atoms with E-state index in [1.165, 1.54) is 0 Å². The Hall–Kier alpha value is -0.890. The fraction of sp³-hybridized carbons (Fsp3) is 0.143. The van der Waals surface area contributed by atoms with Crippen molar-refractivity contribution in [3.8, 4) is 5.75 Å². The van der Waals surface area contributed by atoms with Crippen molar-refractivity contribution in [3.63, 3.8) is 0 Å². The second-order valence-electron chi connectivity index (χ2n) is 3.75. The summed E-state index contributed by atoms with van der Waals surface area (Å²) < 4.78 is 5.67. The highest BCUT2D eigenvalue weighted by atomic mass is 35.5. The summed E-state index contributed by atoms with van der Waals surface area (Å²) in [4.78, 5) is 0. The van der Waals surface area contributed by atoms with Gasteiger partial charge in [0.15, 0.2) is 0 Å². The number of hydrogen-bond acceptors (Lipinski definition) is 1. The van der Waals surface area contributed by atoms with Gasteiger partial charge in [-0.05, 0) is 17.7 Å². The highest BCUT2D eigenvalue weighted by molar-refractivity contribution is 6.38. The number of benzene rings is 2. The molecular formula is C14H11Cl3O. The third-order valence-corrected chi connectivity index (χ3v) is 3.56. The van der Waals surface area contributed by atoms with E-state index >= 15 is 0 Å². The van der Waals surface area contributed by atoms with Crippen LogP contribution in [0.4, 0.5) is 0 Å². The van der Waals surface area contributed by atoms with Crippen LogP contribution in [0.15, 0.2) is 42.5 Å². The lowest BCUT2D eigenvalue weighted by Crippen LogP contribution is -1.97. The molecule has 0 radical (unpaired) electrons. The van der Waals surface area contributed by atoms with E-state index < -0.39 is 0 Å². The van der Waals surface area contributed by atoms with Gasteiger partial charge in [-0.2, -0.15) is 0 Å². The zero-order valence-electron chi connectivity index (χ0n) is 9.50. The molecule has 0 unspecified atom stereocenters. The monoisotopic (exact) mass is 300 g/mol. The minimum absolute atomic E-state index is 0.264. The SMILES string of the molecule is ClCc1c(Cl)ccc(OCc2ccccc2)c1Cl. The van der Waals surface area contributed by atoms with Crippen LogP contribution >= 0.6 is 34.8 Å². The van der Waals surface area contributed by atoms with E-state index in [-0.39, 0.29) is 5.88 Å².